The minimum Gasteiger partial charge on any atom is -0.416 e. The van der Waals surface area contributed by atoms with E-state index in [1.165, 1.54) is 0 Å². The number of carbonyl (C=O) groups is 1. The molecular formula is C24H23N5O2. The summed E-state index contributed by atoms with van der Waals surface area (Å²) in [4.78, 5) is 19.0. The highest BCUT2D eigenvalue weighted by Crippen LogP contribution is 2.27. The standard InChI is InChI=1S/C24H23N5O2/c1-17-4-2-3-5-21(17)23-27-26-22(31-23)18-6-8-19(9-7-18)24(30)28-13-10-20(11-14-28)29-15-12-25-16-29/h2-9,12,15-16,20H,10-11,13-14H2,1H3. The van der Waals surface area contributed by atoms with Crippen molar-refractivity contribution in [3.8, 4) is 22.9 Å². The van der Waals surface area contributed by atoms with Gasteiger partial charge >= 0.3 is 0 Å². The normalized spacial score (nSPS) is 14.7. The summed E-state index contributed by atoms with van der Waals surface area (Å²) < 4.78 is 8.01. The second-order valence-corrected chi connectivity index (χ2v) is 7.84. The average Bonchev–Trinajstić information content (AvgIpc) is 3.52. The van der Waals surface area contributed by atoms with Gasteiger partial charge in [-0.05, 0) is 55.7 Å². The summed E-state index contributed by atoms with van der Waals surface area (Å²) in [5.74, 6) is 0.995. The molecular weight excluding hydrogens is 390 g/mol. The van der Waals surface area contributed by atoms with Gasteiger partial charge in [-0.2, -0.15) is 0 Å². The van der Waals surface area contributed by atoms with Crippen LogP contribution in [0.15, 0.2) is 71.7 Å². The first-order valence-corrected chi connectivity index (χ1v) is 10.5. The zero-order valence-electron chi connectivity index (χ0n) is 17.3. The molecule has 3 heterocycles. The highest BCUT2D eigenvalue weighted by atomic mass is 16.4. The van der Waals surface area contributed by atoms with Crippen molar-refractivity contribution >= 4 is 5.91 Å². The Labute approximate surface area is 180 Å². The number of hydrogen-bond donors (Lipinski definition) is 0. The van der Waals surface area contributed by atoms with Crippen LogP contribution in [0.2, 0.25) is 0 Å². The molecule has 0 bridgehead atoms. The fourth-order valence-electron chi connectivity index (χ4n) is 4.05. The van der Waals surface area contributed by atoms with Crippen LogP contribution in [-0.4, -0.2) is 43.6 Å². The quantitative estimate of drug-likeness (QED) is 0.496. The Hall–Kier alpha value is -3.74. The van der Waals surface area contributed by atoms with Crippen LogP contribution < -0.4 is 0 Å². The van der Waals surface area contributed by atoms with Gasteiger partial charge in [-0.1, -0.05) is 18.2 Å². The zero-order chi connectivity index (χ0) is 21.2. The fourth-order valence-corrected chi connectivity index (χ4v) is 4.05. The predicted molar refractivity (Wildman–Crippen MR) is 116 cm³/mol. The summed E-state index contributed by atoms with van der Waals surface area (Å²) in [6.07, 6.45) is 7.51. The van der Waals surface area contributed by atoms with Crippen LogP contribution in [0.1, 0.15) is 34.8 Å². The number of hydrogen-bond acceptors (Lipinski definition) is 5. The Bertz CT molecular complexity index is 1170. The van der Waals surface area contributed by atoms with Crippen LogP contribution in [0, 0.1) is 6.92 Å². The van der Waals surface area contributed by atoms with E-state index in [4.69, 9.17) is 4.42 Å². The Morgan fingerprint density at radius 3 is 2.45 bits per heavy atom. The number of rotatable bonds is 4. The average molecular weight is 413 g/mol. The molecule has 2 aromatic carbocycles. The Balaban J connectivity index is 1.26. The maximum atomic E-state index is 12.9. The Kier molecular flexibility index (Phi) is 5.08. The van der Waals surface area contributed by atoms with Crippen molar-refractivity contribution in [3.63, 3.8) is 0 Å². The maximum absolute atomic E-state index is 12.9. The molecule has 2 aromatic heterocycles. The van der Waals surface area contributed by atoms with Gasteiger partial charge < -0.3 is 13.9 Å². The number of carbonyl (C=O) groups excluding carboxylic acids is 1. The summed E-state index contributed by atoms with van der Waals surface area (Å²) in [6.45, 7) is 3.50. The lowest BCUT2D eigenvalue weighted by Gasteiger charge is -2.32. The third-order valence-electron chi connectivity index (χ3n) is 5.88. The molecule has 0 saturated carbocycles. The van der Waals surface area contributed by atoms with E-state index in [1.807, 2.05) is 72.9 Å². The van der Waals surface area contributed by atoms with Crippen molar-refractivity contribution < 1.29 is 9.21 Å². The summed E-state index contributed by atoms with van der Waals surface area (Å²) in [6, 6.07) is 15.7. The molecule has 0 radical (unpaired) electrons. The highest BCUT2D eigenvalue weighted by molar-refractivity contribution is 5.94. The van der Waals surface area contributed by atoms with Crippen LogP contribution in [0.25, 0.3) is 22.9 Å². The van der Waals surface area contributed by atoms with E-state index in [-0.39, 0.29) is 5.91 Å². The van der Waals surface area contributed by atoms with E-state index in [0.717, 1.165) is 42.6 Å². The minimum absolute atomic E-state index is 0.0572. The number of benzene rings is 2. The zero-order valence-corrected chi connectivity index (χ0v) is 17.3. The third kappa shape index (κ3) is 3.86. The lowest BCUT2D eigenvalue weighted by Crippen LogP contribution is -2.38. The molecule has 1 amide bonds. The van der Waals surface area contributed by atoms with Crippen LogP contribution in [0.5, 0.6) is 0 Å². The van der Waals surface area contributed by atoms with Gasteiger partial charge in [0, 0.05) is 48.2 Å². The van der Waals surface area contributed by atoms with E-state index in [0.29, 0.717) is 23.4 Å². The predicted octanol–water partition coefficient (Wildman–Crippen LogP) is 4.39. The Morgan fingerprint density at radius 1 is 1.00 bits per heavy atom. The van der Waals surface area contributed by atoms with Crippen molar-refractivity contribution in [3.05, 3.63) is 78.4 Å². The first-order chi connectivity index (χ1) is 15.2. The van der Waals surface area contributed by atoms with E-state index in [9.17, 15) is 4.79 Å². The summed E-state index contributed by atoms with van der Waals surface area (Å²) >= 11 is 0. The van der Waals surface area contributed by atoms with Gasteiger partial charge in [-0.25, -0.2) is 4.98 Å². The second kappa shape index (κ2) is 8.18. The monoisotopic (exact) mass is 413 g/mol. The summed E-state index contributed by atoms with van der Waals surface area (Å²) in [5, 5.41) is 8.37. The molecule has 0 unspecified atom stereocenters. The van der Waals surface area contributed by atoms with Crippen molar-refractivity contribution in [1.29, 1.82) is 0 Å². The highest BCUT2D eigenvalue weighted by Gasteiger charge is 2.24. The van der Waals surface area contributed by atoms with Gasteiger partial charge in [0.15, 0.2) is 0 Å². The molecule has 1 saturated heterocycles. The van der Waals surface area contributed by atoms with E-state index >= 15 is 0 Å². The van der Waals surface area contributed by atoms with E-state index in [2.05, 4.69) is 19.7 Å². The molecule has 0 aliphatic carbocycles. The molecule has 0 atom stereocenters. The van der Waals surface area contributed by atoms with Gasteiger partial charge in [-0.15, -0.1) is 10.2 Å². The Morgan fingerprint density at radius 2 is 1.74 bits per heavy atom. The molecule has 156 valence electrons. The topological polar surface area (TPSA) is 77.1 Å². The largest absolute Gasteiger partial charge is 0.416 e. The number of piperidine rings is 1. The van der Waals surface area contributed by atoms with Gasteiger partial charge in [0.05, 0.1) is 6.33 Å². The first-order valence-electron chi connectivity index (χ1n) is 10.5. The molecule has 7 heteroatoms. The number of aromatic nitrogens is 4. The smallest absolute Gasteiger partial charge is 0.253 e. The first kappa shape index (κ1) is 19.2. The van der Waals surface area contributed by atoms with Crippen LogP contribution in [-0.2, 0) is 0 Å². The fraction of sp³-hybridized carbons (Fsp3) is 0.250. The van der Waals surface area contributed by atoms with Crippen molar-refractivity contribution in [2.75, 3.05) is 13.1 Å². The molecule has 7 nitrogen and oxygen atoms in total. The summed E-state index contributed by atoms with van der Waals surface area (Å²) in [5.41, 5.74) is 3.47. The number of likely N-dealkylation sites (tertiary alicyclic amines) is 1. The molecule has 31 heavy (non-hydrogen) atoms. The van der Waals surface area contributed by atoms with Crippen LogP contribution in [0.4, 0.5) is 0 Å². The van der Waals surface area contributed by atoms with E-state index < -0.39 is 0 Å². The lowest BCUT2D eigenvalue weighted by atomic mass is 10.0. The van der Waals surface area contributed by atoms with Crippen LogP contribution in [0.3, 0.4) is 0 Å². The van der Waals surface area contributed by atoms with Gasteiger partial charge in [0.25, 0.3) is 5.91 Å². The van der Waals surface area contributed by atoms with E-state index in [1.54, 1.807) is 6.20 Å². The number of imidazole rings is 1. The number of aryl methyl sites for hydroxylation is 1. The minimum atomic E-state index is 0.0572. The van der Waals surface area contributed by atoms with Crippen molar-refractivity contribution in [1.82, 2.24) is 24.6 Å². The molecule has 1 fully saturated rings. The van der Waals surface area contributed by atoms with Gasteiger partial charge in [0.2, 0.25) is 11.8 Å². The maximum Gasteiger partial charge on any atom is 0.253 e. The number of nitrogens with zero attached hydrogens (tertiary/aromatic N) is 5. The van der Waals surface area contributed by atoms with Gasteiger partial charge in [0.1, 0.15) is 0 Å². The van der Waals surface area contributed by atoms with Crippen LogP contribution >= 0.6 is 0 Å². The van der Waals surface area contributed by atoms with Crippen molar-refractivity contribution in [2.24, 2.45) is 0 Å². The third-order valence-corrected chi connectivity index (χ3v) is 5.88. The molecule has 4 aromatic rings. The van der Waals surface area contributed by atoms with Gasteiger partial charge in [-0.3, -0.25) is 4.79 Å². The molecule has 1 aliphatic rings. The molecule has 0 spiro atoms. The lowest BCUT2D eigenvalue weighted by molar-refractivity contribution is 0.0694. The molecule has 1 aliphatic heterocycles. The summed E-state index contributed by atoms with van der Waals surface area (Å²) in [7, 11) is 0. The SMILES string of the molecule is Cc1ccccc1-c1nnc(-c2ccc(C(=O)N3CCC(n4ccnc4)CC3)cc2)o1. The molecule has 5 rings (SSSR count). The second-order valence-electron chi connectivity index (χ2n) is 7.84. The molecule has 0 N–H and O–H groups in total. The van der Waals surface area contributed by atoms with Crippen molar-refractivity contribution in [2.45, 2.75) is 25.8 Å². The number of amides is 1.